The molecule has 0 aliphatic carbocycles. The van der Waals surface area contributed by atoms with Crippen molar-refractivity contribution in [3.8, 4) is 0 Å². The smallest absolute Gasteiger partial charge is 0.243 e. The number of hydrogen-bond donors (Lipinski definition) is 2. The fourth-order valence-electron chi connectivity index (χ4n) is 2.91. The third kappa shape index (κ3) is 6.90. The molecule has 6 nitrogen and oxygen atoms in total. The Morgan fingerprint density at radius 2 is 1.78 bits per heavy atom. The van der Waals surface area contributed by atoms with Crippen LogP contribution in [0.3, 0.4) is 0 Å². The van der Waals surface area contributed by atoms with Crippen LogP contribution in [0, 0.1) is 11.8 Å². The minimum atomic E-state index is -3.37. The number of benzene rings is 1. The molecule has 1 unspecified atom stereocenters. The number of guanidine groups is 1. The molecule has 0 spiro atoms. The Hall–Kier alpha value is -0.870. The first-order chi connectivity index (χ1) is 12.3. The van der Waals surface area contributed by atoms with Gasteiger partial charge in [-0.3, -0.25) is 4.99 Å². The molecule has 1 aromatic carbocycles. The number of sulfonamides is 1. The molecule has 8 heteroatoms. The van der Waals surface area contributed by atoms with Crippen molar-refractivity contribution in [2.24, 2.45) is 16.8 Å². The average molecular weight is 508 g/mol. The van der Waals surface area contributed by atoms with Gasteiger partial charge < -0.3 is 10.6 Å². The van der Waals surface area contributed by atoms with E-state index in [4.69, 9.17) is 0 Å². The predicted octanol–water partition coefficient (Wildman–Crippen LogP) is 2.91. The second kappa shape index (κ2) is 11.2. The van der Waals surface area contributed by atoms with E-state index in [0.29, 0.717) is 35.9 Å². The zero-order valence-corrected chi connectivity index (χ0v) is 19.8. The Morgan fingerprint density at radius 1 is 1.19 bits per heavy atom. The molecule has 27 heavy (non-hydrogen) atoms. The summed E-state index contributed by atoms with van der Waals surface area (Å²) in [7, 11) is -1.59. The van der Waals surface area contributed by atoms with Crippen molar-refractivity contribution in [1.29, 1.82) is 0 Å². The maximum absolute atomic E-state index is 12.7. The van der Waals surface area contributed by atoms with Crippen LogP contribution in [-0.4, -0.2) is 51.4 Å². The Balaban J connectivity index is 0.00000364. The average Bonchev–Trinajstić information content (AvgIpc) is 2.65. The molecule has 0 radical (unpaired) electrons. The molecule has 1 saturated heterocycles. The van der Waals surface area contributed by atoms with Gasteiger partial charge >= 0.3 is 0 Å². The molecule has 2 N–H and O–H groups in total. The molecule has 0 amide bonds. The first-order valence-corrected chi connectivity index (χ1v) is 10.8. The van der Waals surface area contributed by atoms with Gasteiger partial charge in [0.05, 0.1) is 4.90 Å². The highest BCUT2D eigenvalue weighted by Crippen LogP contribution is 2.23. The van der Waals surface area contributed by atoms with E-state index in [1.54, 1.807) is 35.6 Å². The zero-order chi connectivity index (χ0) is 19.2. The molecule has 1 aliphatic heterocycles. The maximum atomic E-state index is 12.7. The summed E-state index contributed by atoms with van der Waals surface area (Å²) in [4.78, 5) is 4.66. The van der Waals surface area contributed by atoms with E-state index in [0.717, 1.165) is 25.3 Å². The predicted molar refractivity (Wildman–Crippen MR) is 122 cm³/mol. The molecule has 0 aromatic heterocycles. The van der Waals surface area contributed by atoms with Gasteiger partial charge in [0.2, 0.25) is 10.0 Å². The second-order valence-electron chi connectivity index (χ2n) is 7.29. The van der Waals surface area contributed by atoms with Gasteiger partial charge in [0, 0.05) is 32.7 Å². The standard InChI is InChI=1S/C19H32N4O2S.HI/c1-15(2)16(3)22-19(20-4)21-14-17-10-12-23(13-11-17)26(24,25)18-8-6-5-7-9-18;/h5-9,15-17H,10-14H2,1-4H3,(H2,20,21,22);1H. The first kappa shape index (κ1) is 24.2. The molecule has 1 heterocycles. The summed E-state index contributed by atoms with van der Waals surface area (Å²) in [6.07, 6.45) is 1.71. The van der Waals surface area contributed by atoms with Crippen molar-refractivity contribution in [1.82, 2.24) is 14.9 Å². The van der Waals surface area contributed by atoms with E-state index in [-0.39, 0.29) is 24.0 Å². The number of hydrogen-bond acceptors (Lipinski definition) is 3. The van der Waals surface area contributed by atoms with E-state index in [1.165, 1.54) is 0 Å². The summed E-state index contributed by atoms with van der Waals surface area (Å²) in [5.41, 5.74) is 0. The van der Waals surface area contributed by atoms with E-state index in [9.17, 15) is 8.42 Å². The van der Waals surface area contributed by atoms with E-state index >= 15 is 0 Å². The lowest BCUT2D eigenvalue weighted by Gasteiger charge is -2.31. The molecule has 0 saturated carbocycles. The molecule has 1 aromatic rings. The highest BCUT2D eigenvalue weighted by atomic mass is 127. The maximum Gasteiger partial charge on any atom is 0.243 e. The molecule has 1 atom stereocenters. The molecular weight excluding hydrogens is 475 g/mol. The summed E-state index contributed by atoms with van der Waals surface area (Å²) >= 11 is 0. The SMILES string of the molecule is CN=C(NCC1CCN(S(=O)(=O)c2ccccc2)CC1)NC(C)C(C)C.I. The molecular formula is C19H33IN4O2S. The van der Waals surface area contributed by atoms with Crippen molar-refractivity contribution in [2.75, 3.05) is 26.7 Å². The number of piperidine rings is 1. The number of nitrogens with zero attached hydrogens (tertiary/aromatic N) is 2. The van der Waals surface area contributed by atoms with Gasteiger partial charge in [-0.1, -0.05) is 32.0 Å². The minimum Gasteiger partial charge on any atom is -0.356 e. The summed E-state index contributed by atoms with van der Waals surface area (Å²) in [6.45, 7) is 8.44. The molecule has 1 aliphatic rings. The van der Waals surface area contributed by atoms with Crippen LogP contribution < -0.4 is 10.6 Å². The number of rotatable bonds is 6. The Labute approximate surface area is 181 Å². The van der Waals surface area contributed by atoms with Gasteiger partial charge in [-0.05, 0) is 43.7 Å². The largest absolute Gasteiger partial charge is 0.356 e. The van der Waals surface area contributed by atoms with Crippen LogP contribution in [0.4, 0.5) is 0 Å². The normalized spacial score (nSPS) is 18.0. The molecule has 154 valence electrons. The highest BCUT2D eigenvalue weighted by molar-refractivity contribution is 14.0. The Morgan fingerprint density at radius 3 is 2.30 bits per heavy atom. The quantitative estimate of drug-likeness (QED) is 0.352. The fraction of sp³-hybridized carbons (Fsp3) is 0.632. The first-order valence-electron chi connectivity index (χ1n) is 9.37. The second-order valence-corrected chi connectivity index (χ2v) is 9.23. The van der Waals surface area contributed by atoms with Crippen molar-refractivity contribution < 1.29 is 8.42 Å². The van der Waals surface area contributed by atoms with Gasteiger partial charge in [-0.15, -0.1) is 24.0 Å². The van der Waals surface area contributed by atoms with Crippen molar-refractivity contribution in [2.45, 2.75) is 44.6 Å². The van der Waals surface area contributed by atoms with E-state index in [1.807, 2.05) is 6.07 Å². The summed E-state index contributed by atoms with van der Waals surface area (Å²) in [5.74, 6) is 1.79. The van der Waals surface area contributed by atoms with Crippen molar-refractivity contribution in [3.05, 3.63) is 30.3 Å². The summed E-state index contributed by atoms with van der Waals surface area (Å²) in [5, 5.41) is 6.77. The Kier molecular flexibility index (Phi) is 10.0. The van der Waals surface area contributed by atoms with Crippen LogP contribution in [-0.2, 0) is 10.0 Å². The van der Waals surface area contributed by atoms with Crippen molar-refractivity contribution >= 4 is 40.0 Å². The third-order valence-electron chi connectivity index (χ3n) is 5.10. The molecule has 0 bridgehead atoms. The van der Waals surface area contributed by atoms with Gasteiger partial charge in [-0.25, -0.2) is 8.42 Å². The third-order valence-corrected chi connectivity index (χ3v) is 7.01. The van der Waals surface area contributed by atoms with Crippen molar-refractivity contribution in [3.63, 3.8) is 0 Å². The number of halogens is 1. The highest BCUT2D eigenvalue weighted by Gasteiger charge is 2.29. The van der Waals surface area contributed by atoms with Gasteiger partial charge in [-0.2, -0.15) is 4.31 Å². The van der Waals surface area contributed by atoms with Crippen LogP contribution in [0.2, 0.25) is 0 Å². The van der Waals surface area contributed by atoms with Crippen LogP contribution in [0.5, 0.6) is 0 Å². The zero-order valence-electron chi connectivity index (χ0n) is 16.7. The fourth-order valence-corrected chi connectivity index (χ4v) is 4.40. The van der Waals surface area contributed by atoms with Gasteiger partial charge in [0.25, 0.3) is 0 Å². The topological polar surface area (TPSA) is 73.8 Å². The molecule has 2 rings (SSSR count). The van der Waals surface area contributed by atoms with Crippen LogP contribution in [0.25, 0.3) is 0 Å². The Bertz CT molecular complexity index is 687. The summed E-state index contributed by atoms with van der Waals surface area (Å²) < 4.78 is 26.9. The van der Waals surface area contributed by atoms with Crippen LogP contribution in [0.15, 0.2) is 40.2 Å². The van der Waals surface area contributed by atoms with E-state index < -0.39 is 10.0 Å². The lowest BCUT2D eigenvalue weighted by atomic mass is 9.98. The van der Waals surface area contributed by atoms with Gasteiger partial charge in [0.1, 0.15) is 0 Å². The lowest BCUT2D eigenvalue weighted by molar-refractivity contribution is 0.273. The number of aliphatic imine (C=N–C) groups is 1. The van der Waals surface area contributed by atoms with Gasteiger partial charge in [0.15, 0.2) is 5.96 Å². The van der Waals surface area contributed by atoms with E-state index in [2.05, 4.69) is 36.4 Å². The number of nitrogens with one attached hydrogen (secondary N) is 2. The molecule has 1 fully saturated rings. The van der Waals surface area contributed by atoms with Crippen LogP contribution in [0.1, 0.15) is 33.6 Å². The lowest BCUT2D eigenvalue weighted by Crippen LogP contribution is -2.47. The summed E-state index contributed by atoms with van der Waals surface area (Å²) in [6, 6.07) is 9.03. The minimum absolute atomic E-state index is 0. The van der Waals surface area contributed by atoms with Crippen LogP contribution >= 0.6 is 24.0 Å². The monoisotopic (exact) mass is 508 g/mol.